The van der Waals surface area contributed by atoms with E-state index in [0.717, 1.165) is 38.7 Å². The fourth-order valence-corrected chi connectivity index (χ4v) is 4.02. The Hall–Kier alpha value is -3.51. The van der Waals surface area contributed by atoms with Gasteiger partial charge in [-0.15, -0.1) is 5.10 Å². The van der Waals surface area contributed by atoms with E-state index < -0.39 is 0 Å². The first kappa shape index (κ1) is 18.5. The van der Waals surface area contributed by atoms with E-state index in [9.17, 15) is 4.79 Å². The molecule has 0 saturated carbocycles. The van der Waals surface area contributed by atoms with Gasteiger partial charge in [0.2, 0.25) is 0 Å². The Labute approximate surface area is 181 Å². The molecule has 0 bridgehead atoms. The Kier molecular flexibility index (Phi) is 4.77. The van der Waals surface area contributed by atoms with Gasteiger partial charge in [-0.25, -0.2) is 0 Å². The van der Waals surface area contributed by atoms with Crippen LogP contribution in [-0.2, 0) is 11.3 Å². The Balaban J connectivity index is 1.49. The van der Waals surface area contributed by atoms with E-state index in [2.05, 4.69) is 66.5 Å². The fourth-order valence-electron chi connectivity index (χ4n) is 3.66. The van der Waals surface area contributed by atoms with Crippen LogP contribution in [0.4, 0.5) is 5.69 Å². The molecule has 30 heavy (non-hydrogen) atoms. The lowest BCUT2D eigenvalue weighted by Gasteiger charge is -2.05. The van der Waals surface area contributed by atoms with Gasteiger partial charge in [0.25, 0.3) is 5.91 Å². The highest BCUT2D eigenvalue weighted by atomic mass is 79.9. The average molecular weight is 457 g/mol. The van der Waals surface area contributed by atoms with Crippen molar-refractivity contribution >= 4 is 50.4 Å². The van der Waals surface area contributed by atoms with Gasteiger partial charge in [-0.2, -0.15) is 5.10 Å². The molecular weight excluding hydrogens is 440 g/mol. The van der Waals surface area contributed by atoms with Crippen molar-refractivity contribution in [2.75, 3.05) is 5.32 Å². The van der Waals surface area contributed by atoms with Crippen molar-refractivity contribution in [3.63, 3.8) is 0 Å². The molecule has 0 saturated heterocycles. The van der Waals surface area contributed by atoms with Crippen molar-refractivity contribution in [2.45, 2.75) is 6.54 Å². The zero-order valence-electron chi connectivity index (χ0n) is 15.9. The first-order valence-electron chi connectivity index (χ1n) is 9.53. The average Bonchev–Trinajstić information content (AvgIpc) is 3.26. The number of anilines is 1. The maximum atomic E-state index is 12.3. The third kappa shape index (κ3) is 3.46. The van der Waals surface area contributed by atoms with Crippen LogP contribution in [0.2, 0.25) is 0 Å². The molecule has 146 valence electrons. The number of carbonyl (C=O) groups is 1. The third-order valence-corrected chi connectivity index (χ3v) is 5.56. The number of halogens is 1. The fraction of sp³-hybridized carbons (Fsp3) is 0.0417. The van der Waals surface area contributed by atoms with Gasteiger partial charge in [0.1, 0.15) is 0 Å². The Bertz CT molecular complexity index is 1320. The van der Waals surface area contributed by atoms with Crippen LogP contribution in [0.1, 0.15) is 16.7 Å². The first-order chi connectivity index (χ1) is 14.7. The highest BCUT2D eigenvalue weighted by Gasteiger charge is 2.26. The minimum Gasteiger partial charge on any atom is -0.342 e. The largest absolute Gasteiger partial charge is 0.342 e. The molecule has 1 amide bonds. The number of hydrogen-bond acceptors (Lipinski definition) is 3. The maximum Gasteiger partial charge on any atom is 0.276 e. The number of fused-ring (bicyclic) bond motifs is 2. The summed E-state index contributed by atoms with van der Waals surface area (Å²) >= 11 is 3.44. The second-order valence-electron chi connectivity index (χ2n) is 7.05. The molecule has 4 aromatic rings. The molecule has 3 aromatic carbocycles. The molecule has 0 aliphatic carbocycles. The highest BCUT2D eigenvalue weighted by molar-refractivity contribution is 9.10. The summed E-state index contributed by atoms with van der Waals surface area (Å²) in [5, 5.41) is 12.4. The molecule has 1 aliphatic rings. The lowest BCUT2D eigenvalue weighted by Crippen LogP contribution is -2.13. The molecule has 0 radical (unpaired) electrons. The molecule has 1 aromatic heterocycles. The molecule has 6 heteroatoms. The van der Waals surface area contributed by atoms with Gasteiger partial charge in [0.15, 0.2) is 5.71 Å². The molecule has 5 rings (SSSR count). The second-order valence-corrected chi connectivity index (χ2v) is 7.97. The molecule has 0 spiro atoms. The molecule has 0 unspecified atom stereocenters. The van der Waals surface area contributed by atoms with E-state index in [-0.39, 0.29) is 5.91 Å². The molecule has 1 N–H and O–H groups in total. The minimum atomic E-state index is -0.244. The Morgan fingerprint density at radius 2 is 1.80 bits per heavy atom. The van der Waals surface area contributed by atoms with Crippen LogP contribution < -0.4 is 5.32 Å². The van der Waals surface area contributed by atoms with E-state index in [1.54, 1.807) is 6.21 Å². The summed E-state index contributed by atoms with van der Waals surface area (Å²) in [7, 11) is 0. The number of aromatic nitrogens is 1. The summed E-state index contributed by atoms with van der Waals surface area (Å²) in [5.74, 6) is -0.244. The molecule has 2 heterocycles. The summed E-state index contributed by atoms with van der Waals surface area (Å²) in [5.41, 5.74) is 5.12. The SMILES string of the molecule is O=C1Nc2ccc(Br)cc2/C1=N\N=C/c1cn(Cc2ccccc2)c2ccccc12. The first-order valence-corrected chi connectivity index (χ1v) is 10.3. The lowest BCUT2D eigenvalue weighted by molar-refractivity contribution is -0.110. The van der Waals surface area contributed by atoms with Gasteiger partial charge in [0, 0.05) is 39.2 Å². The van der Waals surface area contributed by atoms with Crippen LogP contribution in [0.15, 0.2) is 93.7 Å². The van der Waals surface area contributed by atoms with Crippen molar-refractivity contribution in [3.05, 3.63) is 100 Å². The van der Waals surface area contributed by atoms with E-state index in [4.69, 9.17) is 0 Å². The van der Waals surface area contributed by atoms with Crippen molar-refractivity contribution in [1.29, 1.82) is 0 Å². The Morgan fingerprint density at radius 3 is 2.67 bits per heavy atom. The normalized spacial score (nSPS) is 14.6. The van der Waals surface area contributed by atoms with Crippen LogP contribution in [-0.4, -0.2) is 22.4 Å². The van der Waals surface area contributed by atoms with Gasteiger partial charge in [-0.05, 0) is 29.8 Å². The smallest absolute Gasteiger partial charge is 0.276 e. The van der Waals surface area contributed by atoms with Crippen molar-refractivity contribution < 1.29 is 4.79 Å². The lowest BCUT2D eigenvalue weighted by atomic mass is 10.1. The van der Waals surface area contributed by atoms with Crippen molar-refractivity contribution in [2.24, 2.45) is 10.2 Å². The van der Waals surface area contributed by atoms with Gasteiger partial charge >= 0.3 is 0 Å². The molecule has 1 aliphatic heterocycles. The zero-order valence-corrected chi connectivity index (χ0v) is 17.5. The van der Waals surface area contributed by atoms with Gasteiger partial charge in [0.05, 0.1) is 11.9 Å². The van der Waals surface area contributed by atoms with E-state index in [0.29, 0.717) is 5.71 Å². The Morgan fingerprint density at radius 1 is 1.00 bits per heavy atom. The predicted octanol–water partition coefficient (Wildman–Crippen LogP) is 5.23. The van der Waals surface area contributed by atoms with Crippen LogP contribution in [0.5, 0.6) is 0 Å². The number of nitrogens with zero attached hydrogens (tertiary/aromatic N) is 3. The molecule has 0 atom stereocenters. The van der Waals surface area contributed by atoms with E-state index >= 15 is 0 Å². The van der Waals surface area contributed by atoms with Crippen LogP contribution in [0, 0.1) is 0 Å². The van der Waals surface area contributed by atoms with Gasteiger partial charge < -0.3 is 9.88 Å². The number of nitrogens with one attached hydrogen (secondary N) is 1. The van der Waals surface area contributed by atoms with Gasteiger partial charge in [-0.3, -0.25) is 4.79 Å². The van der Waals surface area contributed by atoms with Crippen LogP contribution >= 0.6 is 15.9 Å². The second kappa shape index (κ2) is 7.72. The predicted molar refractivity (Wildman–Crippen MR) is 124 cm³/mol. The number of benzene rings is 3. The maximum absolute atomic E-state index is 12.3. The zero-order chi connectivity index (χ0) is 20.5. The van der Waals surface area contributed by atoms with Crippen molar-refractivity contribution in [1.82, 2.24) is 4.57 Å². The summed E-state index contributed by atoms with van der Waals surface area (Å²) in [6.07, 6.45) is 3.78. The van der Waals surface area contributed by atoms with Gasteiger partial charge in [-0.1, -0.05) is 64.5 Å². The number of para-hydroxylation sites is 1. The minimum absolute atomic E-state index is 0.244. The van der Waals surface area contributed by atoms with Crippen molar-refractivity contribution in [3.8, 4) is 0 Å². The number of amides is 1. The molecule has 0 fully saturated rings. The van der Waals surface area contributed by atoms with E-state index in [1.807, 2.05) is 48.5 Å². The van der Waals surface area contributed by atoms with Crippen LogP contribution in [0.25, 0.3) is 10.9 Å². The monoisotopic (exact) mass is 456 g/mol. The van der Waals surface area contributed by atoms with Crippen LogP contribution in [0.3, 0.4) is 0 Å². The molecular formula is C24H17BrN4O. The number of carbonyl (C=O) groups excluding carboxylic acids is 1. The summed E-state index contributed by atoms with van der Waals surface area (Å²) < 4.78 is 3.09. The number of rotatable bonds is 4. The topological polar surface area (TPSA) is 58.8 Å². The summed E-state index contributed by atoms with van der Waals surface area (Å²) in [6.45, 7) is 0.771. The third-order valence-electron chi connectivity index (χ3n) is 5.07. The summed E-state index contributed by atoms with van der Waals surface area (Å²) in [4.78, 5) is 12.3. The standard InChI is InChI=1S/C24H17BrN4O/c25-18-10-11-21-20(12-18)23(24(30)27-21)28-26-13-17-15-29(14-16-6-2-1-3-7-16)22-9-5-4-8-19(17)22/h1-13,15H,14H2,(H,27,28,30)/b26-13-. The quantitative estimate of drug-likeness (QED) is 0.331. The highest BCUT2D eigenvalue weighted by Crippen LogP contribution is 2.27. The number of hydrogen-bond donors (Lipinski definition) is 1. The van der Waals surface area contributed by atoms with E-state index in [1.165, 1.54) is 5.56 Å². The summed E-state index contributed by atoms with van der Waals surface area (Å²) in [6, 6.07) is 24.1. The molecule has 5 nitrogen and oxygen atoms in total.